The van der Waals surface area contributed by atoms with E-state index in [0.717, 1.165) is 4.57 Å². The number of nitrogens with two attached hydrogens (primary N) is 1. The third-order valence-electron chi connectivity index (χ3n) is 2.61. The number of hydrogen-bond donors (Lipinski definition) is 2. The molecule has 0 aliphatic heterocycles. The lowest BCUT2D eigenvalue weighted by molar-refractivity contribution is -0.138. The van der Waals surface area contributed by atoms with Gasteiger partial charge in [-0.15, -0.1) is 0 Å². The number of aryl methyl sites for hydroxylation is 1. The van der Waals surface area contributed by atoms with Crippen molar-refractivity contribution in [3.63, 3.8) is 0 Å². The van der Waals surface area contributed by atoms with E-state index >= 15 is 0 Å². The molecule has 0 amide bonds. The van der Waals surface area contributed by atoms with Gasteiger partial charge in [0.15, 0.2) is 0 Å². The molecule has 1 aromatic rings. The number of carboxylic acids is 1. The zero-order valence-corrected chi connectivity index (χ0v) is 10.2. The lowest BCUT2D eigenvalue weighted by Crippen LogP contribution is -2.38. The molecule has 0 aliphatic rings. The highest BCUT2D eigenvalue weighted by molar-refractivity contribution is 5.77. The molecule has 0 unspecified atom stereocenters. The molecule has 0 aromatic carbocycles. The zero-order valence-electron chi connectivity index (χ0n) is 10.2. The first kappa shape index (κ1) is 13.9. The van der Waals surface area contributed by atoms with E-state index < -0.39 is 23.3 Å². The van der Waals surface area contributed by atoms with Crippen LogP contribution >= 0.6 is 0 Å². The second-order valence-electron chi connectivity index (χ2n) is 4.05. The standard InChI is InChI=1S/C11H15N3O4/c1-6(4-8(12)10(16)17)7-5-13(2)11(18)14(3)9(7)15/h5,8H,1,4,12H2,2-3H3,(H,16,17)/t8-/m0/s1. The van der Waals surface area contributed by atoms with Gasteiger partial charge in [0.05, 0.1) is 5.56 Å². The summed E-state index contributed by atoms with van der Waals surface area (Å²) in [5, 5.41) is 8.70. The van der Waals surface area contributed by atoms with Crippen molar-refractivity contribution >= 4 is 11.5 Å². The fraction of sp³-hybridized carbons (Fsp3) is 0.364. The second-order valence-corrected chi connectivity index (χ2v) is 4.05. The van der Waals surface area contributed by atoms with E-state index in [0.29, 0.717) is 5.57 Å². The maximum atomic E-state index is 11.8. The molecular formula is C11H15N3O4. The van der Waals surface area contributed by atoms with Crippen molar-refractivity contribution in [1.29, 1.82) is 0 Å². The van der Waals surface area contributed by atoms with E-state index in [9.17, 15) is 14.4 Å². The molecule has 0 fully saturated rings. The van der Waals surface area contributed by atoms with Crippen LogP contribution in [-0.2, 0) is 18.9 Å². The summed E-state index contributed by atoms with van der Waals surface area (Å²) in [5.74, 6) is -1.17. The molecule has 1 heterocycles. The number of rotatable bonds is 4. The van der Waals surface area contributed by atoms with Crippen LogP contribution in [0.1, 0.15) is 12.0 Å². The van der Waals surface area contributed by atoms with Gasteiger partial charge < -0.3 is 15.4 Å². The molecular weight excluding hydrogens is 238 g/mol. The van der Waals surface area contributed by atoms with Crippen LogP contribution in [0.4, 0.5) is 0 Å². The van der Waals surface area contributed by atoms with Crippen LogP contribution in [-0.4, -0.2) is 26.3 Å². The topological polar surface area (TPSA) is 107 Å². The van der Waals surface area contributed by atoms with E-state index in [1.165, 1.54) is 24.9 Å². The molecule has 0 spiro atoms. The molecule has 98 valence electrons. The Morgan fingerprint density at radius 1 is 1.50 bits per heavy atom. The van der Waals surface area contributed by atoms with Gasteiger partial charge >= 0.3 is 11.7 Å². The smallest absolute Gasteiger partial charge is 0.330 e. The van der Waals surface area contributed by atoms with E-state index in [-0.39, 0.29) is 12.0 Å². The molecule has 0 saturated heterocycles. The molecule has 0 saturated carbocycles. The van der Waals surface area contributed by atoms with Gasteiger partial charge in [-0.2, -0.15) is 0 Å². The summed E-state index contributed by atoms with van der Waals surface area (Å²) >= 11 is 0. The van der Waals surface area contributed by atoms with Crippen molar-refractivity contribution in [1.82, 2.24) is 9.13 Å². The van der Waals surface area contributed by atoms with Gasteiger partial charge in [0.1, 0.15) is 6.04 Å². The lowest BCUT2D eigenvalue weighted by atomic mass is 10.0. The average molecular weight is 253 g/mol. The fourth-order valence-corrected chi connectivity index (χ4v) is 1.51. The molecule has 1 rings (SSSR count). The Kier molecular flexibility index (Phi) is 3.87. The van der Waals surface area contributed by atoms with Crippen LogP contribution in [0.15, 0.2) is 22.4 Å². The Hall–Kier alpha value is -2.15. The fourth-order valence-electron chi connectivity index (χ4n) is 1.51. The van der Waals surface area contributed by atoms with E-state index in [2.05, 4.69) is 6.58 Å². The quantitative estimate of drug-likeness (QED) is 0.708. The predicted octanol–water partition coefficient (Wildman–Crippen LogP) is -1.10. The molecule has 1 aromatic heterocycles. The van der Waals surface area contributed by atoms with Crippen molar-refractivity contribution in [2.24, 2.45) is 19.8 Å². The number of carbonyl (C=O) groups is 1. The van der Waals surface area contributed by atoms with Gasteiger partial charge in [-0.3, -0.25) is 14.2 Å². The van der Waals surface area contributed by atoms with Gasteiger partial charge in [-0.25, -0.2) is 4.79 Å². The Bertz CT molecular complexity index is 612. The average Bonchev–Trinajstić information content (AvgIpc) is 2.30. The molecule has 0 aliphatic carbocycles. The molecule has 1 atom stereocenters. The Balaban J connectivity index is 3.20. The first-order chi connectivity index (χ1) is 8.25. The monoisotopic (exact) mass is 253 g/mol. The number of aliphatic carboxylic acids is 1. The summed E-state index contributed by atoms with van der Waals surface area (Å²) in [6.45, 7) is 3.65. The third kappa shape index (κ3) is 2.57. The van der Waals surface area contributed by atoms with Crippen LogP contribution in [0.5, 0.6) is 0 Å². The normalized spacial score (nSPS) is 12.2. The number of hydrogen-bond acceptors (Lipinski definition) is 4. The summed E-state index contributed by atoms with van der Waals surface area (Å²) in [7, 11) is 2.84. The van der Waals surface area contributed by atoms with Crippen LogP contribution in [0.3, 0.4) is 0 Å². The first-order valence-electron chi connectivity index (χ1n) is 5.19. The van der Waals surface area contributed by atoms with Gasteiger partial charge in [0.2, 0.25) is 0 Å². The summed E-state index contributed by atoms with van der Waals surface area (Å²) < 4.78 is 2.17. The van der Waals surface area contributed by atoms with Gasteiger partial charge in [-0.05, 0) is 12.0 Å². The van der Waals surface area contributed by atoms with Crippen LogP contribution in [0.2, 0.25) is 0 Å². The van der Waals surface area contributed by atoms with E-state index in [4.69, 9.17) is 10.8 Å². The maximum absolute atomic E-state index is 11.8. The second kappa shape index (κ2) is 5.01. The summed E-state index contributed by atoms with van der Waals surface area (Å²) in [4.78, 5) is 33.9. The Morgan fingerprint density at radius 2 is 2.06 bits per heavy atom. The van der Waals surface area contributed by atoms with Gasteiger partial charge in [0, 0.05) is 20.3 Å². The van der Waals surface area contributed by atoms with Gasteiger partial charge in [0.25, 0.3) is 5.56 Å². The highest BCUT2D eigenvalue weighted by atomic mass is 16.4. The lowest BCUT2D eigenvalue weighted by Gasteiger charge is -2.11. The number of carboxylic acid groups (broad SMARTS) is 1. The van der Waals surface area contributed by atoms with Crippen LogP contribution < -0.4 is 17.0 Å². The van der Waals surface area contributed by atoms with Crippen molar-refractivity contribution < 1.29 is 9.90 Å². The van der Waals surface area contributed by atoms with E-state index in [1.54, 1.807) is 0 Å². The molecule has 7 heteroatoms. The third-order valence-corrected chi connectivity index (χ3v) is 2.61. The maximum Gasteiger partial charge on any atom is 0.330 e. The Morgan fingerprint density at radius 3 is 2.56 bits per heavy atom. The number of aromatic nitrogens is 2. The minimum atomic E-state index is -1.17. The summed E-state index contributed by atoms with van der Waals surface area (Å²) in [5.41, 5.74) is 4.88. The summed E-state index contributed by atoms with van der Waals surface area (Å²) in [6.07, 6.45) is 1.28. The minimum absolute atomic E-state index is 0.0528. The largest absolute Gasteiger partial charge is 0.480 e. The highest BCUT2D eigenvalue weighted by Crippen LogP contribution is 2.12. The van der Waals surface area contributed by atoms with E-state index in [1.807, 2.05) is 0 Å². The first-order valence-corrected chi connectivity index (χ1v) is 5.19. The minimum Gasteiger partial charge on any atom is -0.480 e. The van der Waals surface area contributed by atoms with Gasteiger partial charge in [-0.1, -0.05) is 6.58 Å². The van der Waals surface area contributed by atoms with Crippen molar-refractivity contribution in [3.05, 3.63) is 39.2 Å². The van der Waals surface area contributed by atoms with Crippen molar-refractivity contribution in [2.45, 2.75) is 12.5 Å². The van der Waals surface area contributed by atoms with Crippen molar-refractivity contribution in [2.75, 3.05) is 0 Å². The zero-order chi connectivity index (χ0) is 14.0. The molecule has 7 nitrogen and oxygen atoms in total. The summed E-state index contributed by atoms with van der Waals surface area (Å²) in [6, 6.07) is -1.13. The molecule has 18 heavy (non-hydrogen) atoms. The molecule has 0 radical (unpaired) electrons. The SMILES string of the molecule is C=C(C[C@H](N)C(=O)O)c1cn(C)c(=O)n(C)c1=O. The van der Waals surface area contributed by atoms with Crippen LogP contribution in [0, 0.1) is 0 Å². The van der Waals surface area contributed by atoms with Crippen molar-refractivity contribution in [3.8, 4) is 0 Å². The number of nitrogens with zero attached hydrogens (tertiary/aromatic N) is 2. The highest BCUT2D eigenvalue weighted by Gasteiger charge is 2.16. The predicted molar refractivity (Wildman–Crippen MR) is 66.2 cm³/mol. The Labute approximate surface area is 103 Å². The molecule has 3 N–H and O–H groups in total. The molecule has 0 bridgehead atoms. The van der Waals surface area contributed by atoms with Crippen LogP contribution in [0.25, 0.3) is 5.57 Å².